The third kappa shape index (κ3) is 4.95. The Morgan fingerprint density at radius 2 is 1.82 bits per heavy atom. The van der Waals surface area contributed by atoms with Gasteiger partial charge in [-0.3, -0.25) is 19.5 Å². The quantitative estimate of drug-likeness (QED) is 0.278. The van der Waals surface area contributed by atoms with E-state index < -0.39 is 6.04 Å². The zero-order chi connectivity index (χ0) is 26.1. The van der Waals surface area contributed by atoms with E-state index in [9.17, 15) is 9.59 Å². The van der Waals surface area contributed by atoms with E-state index in [1.54, 1.807) is 17.8 Å². The highest BCUT2D eigenvalue weighted by atomic mass is 32.1. The number of fused-ring (bicyclic) bond motifs is 1. The summed E-state index contributed by atoms with van der Waals surface area (Å²) in [6.45, 7) is 2.28. The Balaban J connectivity index is 1.33. The molecule has 1 saturated heterocycles. The van der Waals surface area contributed by atoms with Gasteiger partial charge in [-0.1, -0.05) is 54.6 Å². The molecule has 1 aliphatic rings. The molecule has 0 saturated carbocycles. The number of aromatic nitrogens is 2. The van der Waals surface area contributed by atoms with Gasteiger partial charge in [-0.15, -0.1) is 22.7 Å². The molecule has 8 heteroatoms. The van der Waals surface area contributed by atoms with E-state index in [2.05, 4.69) is 52.6 Å². The highest BCUT2D eigenvalue weighted by Gasteiger charge is 2.25. The van der Waals surface area contributed by atoms with Crippen molar-refractivity contribution in [1.82, 2.24) is 14.5 Å². The number of anilines is 1. The molecule has 192 valence electrons. The van der Waals surface area contributed by atoms with E-state index in [1.807, 2.05) is 36.4 Å². The molecule has 1 fully saturated rings. The molecule has 0 bridgehead atoms. The second-order valence-electron chi connectivity index (χ2n) is 9.76. The van der Waals surface area contributed by atoms with Crippen molar-refractivity contribution in [3.05, 3.63) is 106 Å². The van der Waals surface area contributed by atoms with Crippen molar-refractivity contribution >= 4 is 43.8 Å². The van der Waals surface area contributed by atoms with Crippen LogP contribution in [0.3, 0.4) is 0 Å². The highest BCUT2D eigenvalue weighted by molar-refractivity contribution is 7.22. The molecule has 0 aliphatic carbocycles. The molecule has 6 nitrogen and oxygen atoms in total. The number of hydrogen-bond donors (Lipinski definition) is 1. The van der Waals surface area contributed by atoms with Crippen LogP contribution in [0.4, 0.5) is 5.13 Å². The molecule has 4 heterocycles. The fourth-order valence-corrected chi connectivity index (χ4v) is 6.81. The lowest BCUT2D eigenvalue weighted by Gasteiger charge is -2.29. The van der Waals surface area contributed by atoms with Crippen molar-refractivity contribution in [2.24, 2.45) is 0 Å². The smallest absolute Gasteiger partial charge is 0.269 e. The van der Waals surface area contributed by atoms with Gasteiger partial charge in [0.05, 0.1) is 0 Å². The molecule has 1 atom stereocenters. The van der Waals surface area contributed by atoms with Crippen molar-refractivity contribution in [1.29, 1.82) is 0 Å². The predicted molar refractivity (Wildman–Crippen MR) is 156 cm³/mol. The molecule has 38 heavy (non-hydrogen) atoms. The van der Waals surface area contributed by atoms with Crippen molar-refractivity contribution in [3.8, 4) is 10.4 Å². The van der Waals surface area contributed by atoms with E-state index in [4.69, 9.17) is 0 Å². The van der Waals surface area contributed by atoms with Crippen LogP contribution in [0.1, 0.15) is 35.9 Å². The third-order valence-electron chi connectivity index (χ3n) is 7.29. The summed E-state index contributed by atoms with van der Waals surface area (Å²) >= 11 is 2.83. The van der Waals surface area contributed by atoms with Gasteiger partial charge in [-0.2, -0.15) is 0 Å². The van der Waals surface area contributed by atoms with E-state index in [1.165, 1.54) is 45.6 Å². The average Bonchev–Trinajstić information content (AvgIpc) is 3.62. The van der Waals surface area contributed by atoms with Crippen LogP contribution in [0.2, 0.25) is 0 Å². The monoisotopic (exact) mass is 540 g/mol. The van der Waals surface area contributed by atoms with Crippen LogP contribution in [-0.2, 0) is 4.79 Å². The summed E-state index contributed by atoms with van der Waals surface area (Å²) < 4.78 is 2.18. The van der Waals surface area contributed by atoms with Crippen molar-refractivity contribution in [2.45, 2.75) is 24.8 Å². The molecule has 1 aliphatic heterocycles. The van der Waals surface area contributed by atoms with Gasteiger partial charge in [-0.25, -0.2) is 4.98 Å². The van der Waals surface area contributed by atoms with Crippen molar-refractivity contribution < 1.29 is 4.79 Å². The van der Waals surface area contributed by atoms with E-state index in [0.717, 1.165) is 34.5 Å². The minimum atomic E-state index is -0.809. The van der Waals surface area contributed by atoms with Gasteiger partial charge in [0.25, 0.3) is 11.5 Å². The number of pyridine rings is 1. The molecule has 6 rings (SSSR count). The molecule has 0 spiro atoms. The van der Waals surface area contributed by atoms with Crippen molar-refractivity contribution in [3.63, 3.8) is 0 Å². The molecule has 1 amide bonds. The predicted octanol–water partition coefficient (Wildman–Crippen LogP) is 6.22. The average molecular weight is 541 g/mol. The molecule has 0 radical (unpaired) electrons. The number of likely N-dealkylation sites (tertiary alicyclic amines) is 1. The lowest BCUT2D eigenvalue weighted by atomic mass is 9.89. The first kappa shape index (κ1) is 24.7. The highest BCUT2D eigenvalue weighted by Crippen LogP contribution is 2.34. The van der Waals surface area contributed by atoms with Crippen LogP contribution in [0.15, 0.2) is 89.3 Å². The zero-order valence-electron chi connectivity index (χ0n) is 21.0. The van der Waals surface area contributed by atoms with Crippen LogP contribution in [-0.4, -0.2) is 40.5 Å². The maximum Gasteiger partial charge on any atom is 0.269 e. The number of piperidine rings is 1. The number of carbonyl (C=O) groups is 1. The van der Waals surface area contributed by atoms with Gasteiger partial charge in [0.15, 0.2) is 5.13 Å². The first-order valence-electron chi connectivity index (χ1n) is 12.8. The summed E-state index contributed by atoms with van der Waals surface area (Å²) in [7, 11) is 2.18. The van der Waals surface area contributed by atoms with Gasteiger partial charge >= 0.3 is 0 Å². The molecular weight excluding hydrogens is 512 g/mol. The van der Waals surface area contributed by atoms with Crippen LogP contribution in [0.25, 0.3) is 20.5 Å². The minimum absolute atomic E-state index is 0.176. The topological polar surface area (TPSA) is 67.2 Å². The fourth-order valence-electron chi connectivity index (χ4n) is 5.18. The van der Waals surface area contributed by atoms with Crippen LogP contribution in [0.5, 0.6) is 0 Å². The SMILES string of the molecule is CN1CCC(c2ccc(-c3cc4ccn(C(C(=O)Nc5nccs5)c5ccccc5)c(=O)c4s3)cc2)CC1. The number of amides is 1. The summed E-state index contributed by atoms with van der Waals surface area (Å²) in [5.74, 6) is 0.314. The Kier molecular flexibility index (Phi) is 6.93. The number of rotatable bonds is 6. The van der Waals surface area contributed by atoms with Crippen LogP contribution >= 0.6 is 22.7 Å². The van der Waals surface area contributed by atoms with Gasteiger partial charge in [-0.05, 0) is 67.7 Å². The summed E-state index contributed by atoms with van der Waals surface area (Å²) in [5.41, 5.74) is 3.06. The lowest BCUT2D eigenvalue weighted by Crippen LogP contribution is -2.33. The normalized spacial score (nSPS) is 15.5. The number of nitrogens with one attached hydrogen (secondary N) is 1. The van der Waals surface area contributed by atoms with Crippen molar-refractivity contribution in [2.75, 3.05) is 25.5 Å². The first-order valence-corrected chi connectivity index (χ1v) is 14.5. The second kappa shape index (κ2) is 10.6. The fraction of sp³-hybridized carbons (Fsp3) is 0.233. The second-order valence-corrected chi connectivity index (χ2v) is 11.7. The van der Waals surface area contributed by atoms with Gasteiger partial charge in [0.1, 0.15) is 10.7 Å². The number of thiophene rings is 1. The number of hydrogen-bond acceptors (Lipinski definition) is 6. The van der Waals surface area contributed by atoms with Crippen LogP contribution in [0, 0.1) is 0 Å². The summed E-state index contributed by atoms with van der Waals surface area (Å²) in [6, 6.07) is 21.4. The van der Waals surface area contributed by atoms with E-state index >= 15 is 0 Å². The summed E-state index contributed by atoms with van der Waals surface area (Å²) in [5, 5.41) is 6.07. The van der Waals surface area contributed by atoms with Gasteiger partial charge in [0, 0.05) is 28.0 Å². The largest absolute Gasteiger partial charge is 0.306 e. The summed E-state index contributed by atoms with van der Waals surface area (Å²) in [4.78, 5) is 34.8. The molecular formula is C30H28N4O2S2. The molecule has 1 N–H and O–H groups in total. The van der Waals surface area contributed by atoms with Gasteiger partial charge in [0.2, 0.25) is 0 Å². The molecule has 3 aromatic heterocycles. The number of thiazole rings is 1. The maximum absolute atomic E-state index is 13.8. The van der Waals surface area contributed by atoms with E-state index in [0.29, 0.717) is 15.7 Å². The van der Waals surface area contributed by atoms with Gasteiger partial charge < -0.3 is 4.90 Å². The molecule has 5 aromatic rings. The minimum Gasteiger partial charge on any atom is -0.306 e. The Labute approximate surface area is 229 Å². The Bertz CT molecular complexity index is 1600. The molecule has 2 aromatic carbocycles. The Morgan fingerprint density at radius 1 is 1.05 bits per heavy atom. The lowest BCUT2D eigenvalue weighted by molar-refractivity contribution is -0.118. The number of nitrogens with zero attached hydrogens (tertiary/aromatic N) is 3. The zero-order valence-corrected chi connectivity index (χ0v) is 22.7. The third-order valence-corrected chi connectivity index (χ3v) is 9.17. The maximum atomic E-state index is 13.8. The first-order chi connectivity index (χ1) is 18.6. The Hall–Kier alpha value is -3.59. The standard InChI is InChI=1S/C30H28N4O2S2/c1-33-15-11-21(12-16-33)20-7-9-22(10-8-20)25-19-24-13-17-34(29(36)27(24)38-25)26(23-5-3-2-4-6-23)28(35)32-30-31-14-18-37-30/h2-10,13-14,17-19,21,26H,11-12,15-16H2,1H3,(H,31,32,35). The van der Waals surface area contributed by atoms with E-state index in [-0.39, 0.29) is 11.5 Å². The Morgan fingerprint density at radius 3 is 2.53 bits per heavy atom. The number of benzene rings is 2. The van der Waals surface area contributed by atoms with Crippen LogP contribution < -0.4 is 10.9 Å². The number of carbonyl (C=O) groups excluding carboxylic acids is 1. The summed E-state index contributed by atoms with van der Waals surface area (Å²) in [6.07, 6.45) is 5.75. The molecule has 1 unspecified atom stereocenters.